The molecule has 2 rings (SSSR count). The summed E-state index contributed by atoms with van der Waals surface area (Å²) in [5, 5.41) is 6.08. The molecule has 4 nitrogen and oxygen atoms in total. The lowest BCUT2D eigenvalue weighted by Gasteiger charge is -2.27. The van der Waals surface area contributed by atoms with Crippen molar-refractivity contribution < 1.29 is 4.79 Å². The van der Waals surface area contributed by atoms with Crippen molar-refractivity contribution in [2.24, 2.45) is 0 Å². The van der Waals surface area contributed by atoms with Crippen molar-refractivity contribution in [3.05, 3.63) is 10.4 Å². The Bertz CT molecular complexity index is 404. The van der Waals surface area contributed by atoms with Crippen LogP contribution in [0.25, 0.3) is 0 Å². The fourth-order valence-corrected chi connectivity index (χ4v) is 2.91. The number of thiazole rings is 1. The van der Waals surface area contributed by atoms with Crippen LogP contribution in [0.1, 0.15) is 31.2 Å². The monoisotopic (exact) mass is 253 g/mol. The van der Waals surface area contributed by atoms with Crippen LogP contribution in [-0.2, 0) is 4.79 Å². The second-order valence-electron chi connectivity index (χ2n) is 4.55. The van der Waals surface area contributed by atoms with Gasteiger partial charge in [-0.3, -0.25) is 9.69 Å². The van der Waals surface area contributed by atoms with E-state index in [1.54, 1.807) is 11.3 Å². The third-order valence-corrected chi connectivity index (χ3v) is 4.05. The van der Waals surface area contributed by atoms with E-state index in [4.69, 9.17) is 0 Å². The first-order valence-corrected chi connectivity index (χ1v) is 6.94. The first-order chi connectivity index (χ1) is 8.13. The Morgan fingerprint density at radius 1 is 1.53 bits per heavy atom. The Labute approximate surface area is 106 Å². The largest absolute Gasteiger partial charge is 0.309 e. The predicted molar refractivity (Wildman–Crippen MR) is 70.5 cm³/mol. The average molecular weight is 253 g/mol. The highest BCUT2D eigenvalue weighted by atomic mass is 32.1. The number of anilines is 1. The van der Waals surface area contributed by atoms with Crippen LogP contribution < -0.4 is 10.2 Å². The first-order valence-electron chi connectivity index (χ1n) is 6.06. The zero-order valence-corrected chi connectivity index (χ0v) is 11.4. The predicted octanol–water partition coefficient (Wildman–Crippen LogP) is 1.94. The van der Waals surface area contributed by atoms with Crippen LogP contribution in [0.2, 0.25) is 0 Å². The lowest BCUT2D eigenvalue weighted by Crippen LogP contribution is -2.47. The molecule has 1 aliphatic rings. The van der Waals surface area contributed by atoms with Gasteiger partial charge in [0, 0.05) is 11.4 Å². The number of rotatable bonds is 2. The molecule has 0 saturated carbocycles. The molecule has 1 fully saturated rings. The summed E-state index contributed by atoms with van der Waals surface area (Å²) in [4.78, 5) is 18.7. The van der Waals surface area contributed by atoms with Gasteiger partial charge in [0.05, 0.1) is 11.0 Å². The van der Waals surface area contributed by atoms with E-state index in [0.29, 0.717) is 0 Å². The smallest absolute Gasteiger partial charge is 0.245 e. The standard InChI is InChI=1S/C12H19N3OS/c1-8-5-4-6-10(13-3)12(16)15(8)11-7-17-9(2)14-11/h7-8,10,13H,4-6H2,1-3H3. The van der Waals surface area contributed by atoms with Gasteiger partial charge in [0.25, 0.3) is 0 Å². The Morgan fingerprint density at radius 2 is 2.29 bits per heavy atom. The van der Waals surface area contributed by atoms with Crippen LogP contribution in [0.3, 0.4) is 0 Å². The summed E-state index contributed by atoms with van der Waals surface area (Å²) >= 11 is 1.59. The Morgan fingerprint density at radius 3 is 2.88 bits per heavy atom. The molecule has 1 amide bonds. The molecule has 1 N–H and O–H groups in total. The zero-order chi connectivity index (χ0) is 12.4. The van der Waals surface area contributed by atoms with Crippen molar-refractivity contribution in [2.45, 2.75) is 45.2 Å². The molecule has 1 aromatic heterocycles. The summed E-state index contributed by atoms with van der Waals surface area (Å²) in [6, 6.07) is 0.171. The number of hydrogen-bond acceptors (Lipinski definition) is 4. The Hall–Kier alpha value is -0.940. The average Bonchev–Trinajstić information content (AvgIpc) is 2.65. The van der Waals surface area contributed by atoms with Gasteiger partial charge in [0.1, 0.15) is 5.82 Å². The summed E-state index contributed by atoms with van der Waals surface area (Å²) in [5.41, 5.74) is 0. The molecular weight excluding hydrogens is 234 g/mol. The highest BCUT2D eigenvalue weighted by Crippen LogP contribution is 2.26. The van der Waals surface area contributed by atoms with Crippen molar-refractivity contribution in [1.82, 2.24) is 10.3 Å². The quantitative estimate of drug-likeness (QED) is 0.876. The van der Waals surface area contributed by atoms with Gasteiger partial charge in [0.2, 0.25) is 5.91 Å². The molecule has 1 aromatic rings. The SMILES string of the molecule is CNC1CCCC(C)N(c2csc(C)n2)C1=O. The number of nitrogens with one attached hydrogen (secondary N) is 1. The Balaban J connectivity index is 2.30. The summed E-state index contributed by atoms with van der Waals surface area (Å²) in [6.45, 7) is 4.07. The summed E-state index contributed by atoms with van der Waals surface area (Å²) in [5.74, 6) is 0.968. The molecule has 2 heterocycles. The molecule has 2 atom stereocenters. The van der Waals surface area contributed by atoms with Gasteiger partial charge in [-0.2, -0.15) is 0 Å². The van der Waals surface area contributed by atoms with Crippen LogP contribution in [0.4, 0.5) is 5.82 Å². The highest BCUT2D eigenvalue weighted by Gasteiger charge is 2.32. The van der Waals surface area contributed by atoms with Crippen molar-refractivity contribution >= 4 is 23.1 Å². The van der Waals surface area contributed by atoms with Gasteiger partial charge in [-0.25, -0.2) is 4.98 Å². The number of hydrogen-bond donors (Lipinski definition) is 1. The minimum atomic E-state index is -0.0676. The van der Waals surface area contributed by atoms with E-state index < -0.39 is 0 Å². The van der Waals surface area contributed by atoms with Gasteiger partial charge in [-0.1, -0.05) is 0 Å². The van der Waals surface area contributed by atoms with Crippen LogP contribution in [0.5, 0.6) is 0 Å². The number of likely N-dealkylation sites (N-methyl/N-ethyl adjacent to an activating group) is 1. The van der Waals surface area contributed by atoms with E-state index >= 15 is 0 Å². The van der Waals surface area contributed by atoms with Crippen LogP contribution in [0, 0.1) is 6.92 Å². The van der Waals surface area contributed by atoms with Crippen molar-refractivity contribution in [2.75, 3.05) is 11.9 Å². The molecule has 1 saturated heterocycles. The lowest BCUT2D eigenvalue weighted by atomic mass is 10.1. The van der Waals surface area contributed by atoms with Crippen LogP contribution >= 0.6 is 11.3 Å². The molecule has 0 aliphatic carbocycles. The first kappa shape index (κ1) is 12.5. The lowest BCUT2D eigenvalue weighted by molar-refractivity contribution is -0.120. The molecule has 0 spiro atoms. The maximum atomic E-state index is 12.4. The van der Waals surface area contributed by atoms with Crippen LogP contribution in [0.15, 0.2) is 5.38 Å². The van der Waals surface area contributed by atoms with Crippen molar-refractivity contribution in [3.8, 4) is 0 Å². The number of carbonyl (C=O) groups excluding carboxylic acids is 1. The Kier molecular flexibility index (Phi) is 3.79. The minimum absolute atomic E-state index is 0.0676. The van der Waals surface area contributed by atoms with Gasteiger partial charge >= 0.3 is 0 Å². The summed E-state index contributed by atoms with van der Waals surface area (Å²) < 4.78 is 0. The van der Waals surface area contributed by atoms with E-state index in [-0.39, 0.29) is 18.0 Å². The number of amides is 1. The topological polar surface area (TPSA) is 45.2 Å². The third kappa shape index (κ3) is 2.50. The summed E-state index contributed by atoms with van der Waals surface area (Å²) in [6.07, 6.45) is 3.04. The van der Waals surface area contributed by atoms with Crippen LogP contribution in [-0.4, -0.2) is 30.0 Å². The highest BCUT2D eigenvalue weighted by molar-refractivity contribution is 7.09. The molecule has 17 heavy (non-hydrogen) atoms. The number of nitrogens with zero attached hydrogens (tertiary/aromatic N) is 2. The third-order valence-electron chi connectivity index (χ3n) is 3.29. The van der Waals surface area contributed by atoms with E-state index in [9.17, 15) is 4.79 Å². The summed E-state index contributed by atoms with van der Waals surface area (Å²) in [7, 11) is 1.85. The van der Waals surface area contributed by atoms with E-state index in [1.165, 1.54) is 0 Å². The van der Waals surface area contributed by atoms with Gasteiger partial charge in [-0.05, 0) is 40.2 Å². The zero-order valence-electron chi connectivity index (χ0n) is 10.6. The van der Waals surface area contributed by atoms with E-state index in [0.717, 1.165) is 30.1 Å². The molecule has 94 valence electrons. The maximum Gasteiger partial charge on any atom is 0.245 e. The number of aromatic nitrogens is 1. The van der Waals surface area contributed by atoms with Crippen molar-refractivity contribution in [1.29, 1.82) is 0 Å². The van der Waals surface area contributed by atoms with Gasteiger partial charge in [0.15, 0.2) is 0 Å². The second kappa shape index (κ2) is 5.14. The maximum absolute atomic E-state index is 12.4. The van der Waals surface area contributed by atoms with E-state index in [2.05, 4.69) is 17.2 Å². The van der Waals surface area contributed by atoms with Gasteiger partial charge < -0.3 is 5.32 Å². The van der Waals surface area contributed by atoms with Gasteiger partial charge in [-0.15, -0.1) is 11.3 Å². The number of carbonyl (C=O) groups is 1. The molecule has 0 bridgehead atoms. The number of aryl methyl sites for hydroxylation is 1. The minimum Gasteiger partial charge on any atom is -0.309 e. The molecule has 1 aliphatic heterocycles. The van der Waals surface area contributed by atoms with E-state index in [1.807, 2.05) is 24.3 Å². The molecule has 0 radical (unpaired) electrons. The fourth-order valence-electron chi connectivity index (χ4n) is 2.32. The van der Waals surface area contributed by atoms with Crippen molar-refractivity contribution in [3.63, 3.8) is 0 Å². The molecule has 0 aromatic carbocycles. The molecule has 5 heteroatoms. The normalized spacial score (nSPS) is 26.1. The second-order valence-corrected chi connectivity index (χ2v) is 5.62. The fraction of sp³-hybridized carbons (Fsp3) is 0.667. The molecule has 2 unspecified atom stereocenters. The molecular formula is C12H19N3OS.